The second-order valence-electron chi connectivity index (χ2n) is 6.87. The van der Waals surface area contributed by atoms with Crippen molar-refractivity contribution >= 4 is 40.1 Å². The SMILES string of the molecule is COc1ccc(Cl)cc1C(=O)[C@@H]1CCCN(Cc2ccc3nsnc3c2)C1. The summed E-state index contributed by atoms with van der Waals surface area (Å²) in [4.78, 5) is 15.4. The van der Waals surface area contributed by atoms with E-state index in [9.17, 15) is 4.79 Å². The molecule has 1 saturated heterocycles. The molecular formula is C20H20ClN3O2S. The van der Waals surface area contributed by atoms with Crippen molar-refractivity contribution in [2.45, 2.75) is 19.4 Å². The molecule has 0 N–H and O–H groups in total. The van der Waals surface area contributed by atoms with Crippen molar-refractivity contribution in [1.29, 1.82) is 0 Å². The summed E-state index contributed by atoms with van der Waals surface area (Å²) in [6.07, 6.45) is 1.89. The first-order valence-corrected chi connectivity index (χ1v) is 10.1. The summed E-state index contributed by atoms with van der Waals surface area (Å²) in [5.41, 5.74) is 3.64. The van der Waals surface area contributed by atoms with E-state index >= 15 is 0 Å². The van der Waals surface area contributed by atoms with Gasteiger partial charge < -0.3 is 4.74 Å². The number of ether oxygens (including phenoxy) is 1. The number of carbonyl (C=O) groups excluding carboxylic acids is 1. The van der Waals surface area contributed by atoms with Crippen molar-refractivity contribution in [3.8, 4) is 5.75 Å². The number of hydrogen-bond acceptors (Lipinski definition) is 6. The second kappa shape index (κ2) is 7.92. The van der Waals surface area contributed by atoms with Crippen LogP contribution >= 0.6 is 23.3 Å². The van der Waals surface area contributed by atoms with Crippen molar-refractivity contribution in [2.75, 3.05) is 20.2 Å². The topological polar surface area (TPSA) is 55.3 Å². The van der Waals surface area contributed by atoms with Gasteiger partial charge >= 0.3 is 0 Å². The van der Waals surface area contributed by atoms with Gasteiger partial charge in [0.2, 0.25) is 0 Å². The minimum atomic E-state index is -0.0456. The average molecular weight is 402 g/mol. The lowest BCUT2D eigenvalue weighted by atomic mass is 9.89. The summed E-state index contributed by atoms with van der Waals surface area (Å²) in [5, 5.41) is 0.553. The van der Waals surface area contributed by atoms with Gasteiger partial charge in [0.15, 0.2) is 5.78 Å². The van der Waals surface area contributed by atoms with Gasteiger partial charge in [0.1, 0.15) is 16.8 Å². The van der Waals surface area contributed by atoms with Gasteiger partial charge in [-0.25, -0.2) is 0 Å². The van der Waals surface area contributed by atoms with Crippen LogP contribution in [0.4, 0.5) is 0 Å². The third-order valence-corrected chi connectivity index (χ3v) is 5.82. The smallest absolute Gasteiger partial charge is 0.170 e. The Labute approximate surface area is 167 Å². The van der Waals surface area contributed by atoms with Crippen molar-refractivity contribution in [1.82, 2.24) is 13.6 Å². The summed E-state index contributed by atoms with van der Waals surface area (Å²) in [6.45, 7) is 2.54. The molecule has 7 heteroatoms. The van der Waals surface area contributed by atoms with Gasteiger partial charge in [0.25, 0.3) is 0 Å². The van der Waals surface area contributed by atoms with E-state index in [-0.39, 0.29) is 11.7 Å². The van der Waals surface area contributed by atoms with E-state index in [1.165, 1.54) is 17.3 Å². The molecule has 3 aromatic rings. The third kappa shape index (κ3) is 3.98. The lowest BCUT2D eigenvalue weighted by molar-refractivity contribution is 0.0808. The fourth-order valence-electron chi connectivity index (χ4n) is 3.69. The Morgan fingerprint density at radius 1 is 1.26 bits per heavy atom. The van der Waals surface area contributed by atoms with Crippen LogP contribution in [0.2, 0.25) is 5.02 Å². The number of methoxy groups -OCH3 is 1. The molecule has 27 heavy (non-hydrogen) atoms. The van der Waals surface area contributed by atoms with E-state index in [0.717, 1.165) is 43.5 Å². The maximum absolute atomic E-state index is 13.1. The molecule has 1 fully saturated rings. The molecular weight excluding hydrogens is 382 g/mol. The van der Waals surface area contributed by atoms with Crippen LogP contribution in [0.1, 0.15) is 28.8 Å². The number of aromatic nitrogens is 2. The quantitative estimate of drug-likeness (QED) is 0.591. The molecule has 0 amide bonds. The Morgan fingerprint density at radius 3 is 2.96 bits per heavy atom. The molecule has 2 aromatic carbocycles. The zero-order valence-electron chi connectivity index (χ0n) is 15.0. The third-order valence-electron chi connectivity index (χ3n) is 5.03. The molecule has 1 aliphatic rings. The largest absolute Gasteiger partial charge is 0.496 e. The minimum Gasteiger partial charge on any atom is -0.496 e. The Bertz CT molecular complexity index is 975. The molecule has 0 bridgehead atoms. The molecule has 1 aliphatic heterocycles. The van der Waals surface area contributed by atoms with E-state index in [2.05, 4.69) is 25.8 Å². The van der Waals surface area contributed by atoms with Crippen LogP contribution in [0.5, 0.6) is 5.75 Å². The van der Waals surface area contributed by atoms with E-state index in [4.69, 9.17) is 16.3 Å². The van der Waals surface area contributed by atoms with Crippen LogP contribution in [0, 0.1) is 5.92 Å². The fraction of sp³-hybridized carbons (Fsp3) is 0.350. The predicted octanol–water partition coefficient (Wildman–Crippen LogP) is 4.45. The first kappa shape index (κ1) is 18.3. The summed E-state index contributed by atoms with van der Waals surface area (Å²) in [5.74, 6) is 0.650. The zero-order valence-corrected chi connectivity index (χ0v) is 16.6. The van der Waals surface area contributed by atoms with Gasteiger partial charge in [-0.2, -0.15) is 8.75 Å². The van der Waals surface area contributed by atoms with Gasteiger partial charge in [-0.15, -0.1) is 0 Å². The summed E-state index contributed by atoms with van der Waals surface area (Å²) >= 11 is 7.34. The highest BCUT2D eigenvalue weighted by molar-refractivity contribution is 7.00. The molecule has 0 spiro atoms. The van der Waals surface area contributed by atoms with E-state index in [0.29, 0.717) is 16.3 Å². The number of carbonyl (C=O) groups is 1. The van der Waals surface area contributed by atoms with Crippen molar-refractivity contribution in [2.24, 2.45) is 5.92 Å². The van der Waals surface area contributed by atoms with E-state index in [1.807, 2.05) is 6.07 Å². The number of benzene rings is 2. The molecule has 4 rings (SSSR count). The molecule has 0 saturated carbocycles. The number of piperidine rings is 1. The standard InChI is InChI=1S/C20H20ClN3O2S/c1-26-19-7-5-15(21)10-16(19)20(25)14-3-2-8-24(12-14)11-13-4-6-17-18(9-13)23-27-22-17/h4-7,9-10,14H,2-3,8,11-12H2,1H3/t14-/m1/s1. The zero-order chi connectivity index (χ0) is 18.8. The fourth-order valence-corrected chi connectivity index (χ4v) is 4.38. The van der Waals surface area contributed by atoms with Crippen LogP contribution in [0.15, 0.2) is 36.4 Å². The van der Waals surface area contributed by atoms with E-state index in [1.54, 1.807) is 25.3 Å². The van der Waals surface area contributed by atoms with Gasteiger partial charge in [0, 0.05) is 24.0 Å². The number of hydrogen-bond donors (Lipinski definition) is 0. The first-order valence-electron chi connectivity index (χ1n) is 8.95. The Hall–Kier alpha value is -2.02. The van der Waals surface area contributed by atoms with Gasteiger partial charge in [-0.1, -0.05) is 17.7 Å². The average Bonchev–Trinajstić information content (AvgIpc) is 3.15. The molecule has 140 valence electrons. The Morgan fingerprint density at radius 2 is 2.11 bits per heavy atom. The van der Waals surface area contributed by atoms with E-state index < -0.39 is 0 Å². The Kier molecular flexibility index (Phi) is 5.38. The maximum atomic E-state index is 13.1. The highest BCUT2D eigenvalue weighted by Gasteiger charge is 2.28. The number of nitrogens with zero attached hydrogens (tertiary/aromatic N) is 3. The lowest BCUT2D eigenvalue weighted by Crippen LogP contribution is -2.38. The van der Waals surface area contributed by atoms with Crippen LogP contribution in [-0.4, -0.2) is 39.6 Å². The molecule has 0 radical (unpaired) electrons. The van der Waals surface area contributed by atoms with Gasteiger partial charge in [0.05, 0.1) is 24.4 Å². The van der Waals surface area contributed by atoms with Crippen LogP contribution in [0.3, 0.4) is 0 Å². The molecule has 5 nitrogen and oxygen atoms in total. The monoisotopic (exact) mass is 401 g/mol. The molecule has 1 atom stereocenters. The highest BCUT2D eigenvalue weighted by atomic mass is 35.5. The predicted molar refractivity (Wildman–Crippen MR) is 108 cm³/mol. The summed E-state index contributed by atoms with van der Waals surface area (Å²) < 4.78 is 13.9. The van der Waals surface area contributed by atoms with Crippen molar-refractivity contribution < 1.29 is 9.53 Å². The number of likely N-dealkylation sites (tertiary alicyclic amines) is 1. The lowest BCUT2D eigenvalue weighted by Gasteiger charge is -2.32. The molecule has 2 heterocycles. The number of ketones is 1. The minimum absolute atomic E-state index is 0.0456. The molecule has 0 unspecified atom stereocenters. The van der Waals surface area contributed by atoms with Crippen molar-refractivity contribution in [3.05, 3.63) is 52.5 Å². The Balaban J connectivity index is 1.49. The van der Waals surface area contributed by atoms with Crippen LogP contribution in [0.25, 0.3) is 11.0 Å². The number of fused-ring (bicyclic) bond motifs is 1. The number of rotatable bonds is 5. The molecule has 1 aromatic heterocycles. The normalized spacial score (nSPS) is 17.9. The van der Waals surface area contributed by atoms with Gasteiger partial charge in [-0.05, 0) is 55.3 Å². The summed E-state index contributed by atoms with van der Waals surface area (Å²) in [6, 6.07) is 11.4. The maximum Gasteiger partial charge on any atom is 0.170 e. The van der Waals surface area contributed by atoms with Crippen LogP contribution < -0.4 is 4.74 Å². The van der Waals surface area contributed by atoms with Crippen LogP contribution in [-0.2, 0) is 6.54 Å². The second-order valence-corrected chi connectivity index (χ2v) is 7.84. The number of halogens is 1. The summed E-state index contributed by atoms with van der Waals surface area (Å²) in [7, 11) is 1.58. The highest BCUT2D eigenvalue weighted by Crippen LogP contribution is 2.29. The van der Waals surface area contributed by atoms with Crippen molar-refractivity contribution in [3.63, 3.8) is 0 Å². The first-order chi connectivity index (χ1) is 13.1. The van der Waals surface area contributed by atoms with Gasteiger partial charge in [-0.3, -0.25) is 9.69 Å². The molecule has 0 aliphatic carbocycles. The number of Topliss-reactive ketones (excluding diaryl/α,β-unsaturated/α-hetero) is 1.